The van der Waals surface area contributed by atoms with Gasteiger partial charge >= 0.3 is 0 Å². The van der Waals surface area contributed by atoms with Crippen molar-refractivity contribution in [2.24, 2.45) is 0 Å². The molecule has 0 bridgehead atoms. The highest BCUT2D eigenvalue weighted by molar-refractivity contribution is 9.10. The Morgan fingerprint density at radius 3 is 2.64 bits per heavy atom. The van der Waals surface area contributed by atoms with Crippen molar-refractivity contribution < 1.29 is 0 Å². The van der Waals surface area contributed by atoms with E-state index in [1.54, 1.807) is 0 Å². The van der Waals surface area contributed by atoms with Crippen molar-refractivity contribution in [2.75, 3.05) is 0 Å². The van der Waals surface area contributed by atoms with E-state index in [0.717, 1.165) is 4.47 Å². The van der Waals surface area contributed by atoms with E-state index in [2.05, 4.69) is 53.2 Å². The maximum atomic E-state index is 3.42. The fraction of sp³-hybridized carbons (Fsp3) is 0.200. The summed E-state index contributed by atoms with van der Waals surface area (Å²) in [6.45, 7) is 4.14. The Morgan fingerprint density at radius 1 is 1.36 bits per heavy atom. The molecule has 1 aromatic rings. The first-order valence-electron chi connectivity index (χ1n) is 3.63. The SMILES string of the molecule is C/C=C\c1ccc(Br)cc1C. The van der Waals surface area contributed by atoms with Crippen LogP contribution < -0.4 is 0 Å². The van der Waals surface area contributed by atoms with Crippen LogP contribution in [-0.4, -0.2) is 0 Å². The van der Waals surface area contributed by atoms with Gasteiger partial charge in [-0.25, -0.2) is 0 Å². The lowest BCUT2D eigenvalue weighted by Gasteiger charge is -1.99. The van der Waals surface area contributed by atoms with Gasteiger partial charge in [0.25, 0.3) is 0 Å². The van der Waals surface area contributed by atoms with Crippen LogP contribution >= 0.6 is 15.9 Å². The molecule has 1 rings (SSSR count). The Kier molecular flexibility index (Phi) is 2.89. The van der Waals surface area contributed by atoms with E-state index in [1.807, 2.05) is 6.92 Å². The fourth-order valence-corrected chi connectivity index (χ4v) is 1.48. The van der Waals surface area contributed by atoms with E-state index in [-0.39, 0.29) is 0 Å². The molecule has 0 aliphatic carbocycles. The Bertz CT molecular complexity index is 274. The third-order valence-corrected chi connectivity index (χ3v) is 2.07. The summed E-state index contributed by atoms with van der Waals surface area (Å²) in [5.74, 6) is 0. The molecular weight excluding hydrogens is 200 g/mol. The Morgan fingerprint density at radius 2 is 2.09 bits per heavy atom. The number of benzene rings is 1. The number of rotatable bonds is 1. The van der Waals surface area contributed by atoms with Gasteiger partial charge in [0.15, 0.2) is 0 Å². The Balaban J connectivity index is 3.09. The minimum absolute atomic E-state index is 1.14. The summed E-state index contributed by atoms with van der Waals surface area (Å²) in [6.07, 6.45) is 4.16. The van der Waals surface area contributed by atoms with Gasteiger partial charge < -0.3 is 0 Å². The maximum absolute atomic E-state index is 3.42. The molecule has 0 aliphatic rings. The summed E-state index contributed by atoms with van der Waals surface area (Å²) in [4.78, 5) is 0. The number of allylic oxidation sites excluding steroid dienone is 1. The van der Waals surface area contributed by atoms with E-state index in [9.17, 15) is 0 Å². The van der Waals surface area contributed by atoms with Crippen molar-refractivity contribution in [2.45, 2.75) is 13.8 Å². The van der Waals surface area contributed by atoms with Gasteiger partial charge in [0, 0.05) is 4.47 Å². The van der Waals surface area contributed by atoms with Crippen molar-refractivity contribution in [3.05, 3.63) is 39.9 Å². The molecule has 0 unspecified atom stereocenters. The fourth-order valence-electron chi connectivity index (χ4n) is 1.01. The standard InChI is InChI=1S/C10H11Br/c1-3-4-9-5-6-10(11)7-8(9)2/h3-7H,1-2H3/b4-3-. The molecule has 0 saturated carbocycles. The maximum Gasteiger partial charge on any atom is 0.0178 e. The predicted molar refractivity (Wildman–Crippen MR) is 53.6 cm³/mol. The zero-order chi connectivity index (χ0) is 8.27. The van der Waals surface area contributed by atoms with Crippen LogP contribution in [0, 0.1) is 6.92 Å². The molecular formula is C10H11Br. The molecule has 58 valence electrons. The van der Waals surface area contributed by atoms with Gasteiger partial charge in [0.1, 0.15) is 0 Å². The molecule has 0 heterocycles. The molecule has 0 fully saturated rings. The van der Waals surface area contributed by atoms with Crippen LogP contribution in [0.3, 0.4) is 0 Å². The number of halogens is 1. The highest BCUT2D eigenvalue weighted by Gasteiger charge is 1.92. The van der Waals surface area contributed by atoms with Gasteiger partial charge in [-0.15, -0.1) is 0 Å². The largest absolute Gasteiger partial charge is 0.0871 e. The quantitative estimate of drug-likeness (QED) is 0.662. The summed E-state index contributed by atoms with van der Waals surface area (Å²) in [6, 6.07) is 6.29. The van der Waals surface area contributed by atoms with Crippen LogP contribution in [0.2, 0.25) is 0 Å². The molecule has 0 saturated heterocycles. The predicted octanol–water partition coefficient (Wildman–Crippen LogP) is 3.79. The third kappa shape index (κ3) is 2.19. The zero-order valence-corrected chi connectivity index (χ0v) is 8.35. The molecule has 0 aliphatic heterocycles. The van der Waals surface area contributed by atoms with Gasteiger partial charge in [-0.1, -0.05) is 34.1 Å². The third-order valence-electron chi connectivity index (χ3n) is 1.58. The van der Waals surface area contributed by atoms with Crippen LogP contribution in [0.1, 0.15) is 18.1 Å². The molecule has 0 amide bonds. The second-order valence-electron chi connectivity index (χ2n) is 2.50. The van der Waals surface area contributed by atoms with Crippen LogP contribution in [0.25, 0.3) is 6.08 Å². The molecule has 0 aromatic heterocycles. The van der Waals surface area contributed by atoms with Crippen molar-refractivity contribution in [1.82, 2.24) is 0 Å². The highest BCUT2D eigenvalue weighted by atomic mass is 79.9. The lowest BCUT2D eigenvalue weighted by Crippen LogP contribution is -1.78. The summed E-state index contributed by atoms with van der Waals surface area (Å²) in [5.41, 5.74) is 2.59. The Hall–Kier alpha value is -0.560. The lowest BCUT2D eigenvalue weighted by molar-refractivity contribution is 1.42. The first kappa shape index (κ1) is 8.54. The van der Waals surface area contributed by atoms with Crippen molar-refractivity contribution in [3.63, 3.8) is 0 Å². The van der Waals surface area contributed by atoms with Crippen molar-refractivity contribution in [3.8, 4) is 0 Å². The average Bonchev–Trinajstić information content (AvgIpc) is 1.95. The minimum Gasteiger partial charge on any atom is -0.0871 e. The van der Waals surface area contributed by atoms with Gasteiger partial charge in [-0.2, -0.15) is 0 Å². The van der Waals surface area contributed by atoms with Gasteiger partial charge in [-0.3, -0.25) is 0 Å². The molecule has 11 heavy (non-hydrogen) atoms. The molecule has 0 nitrogen and oxygen atoms in total. The van der Waals surface area contributed by atoms with Crippen LogP contribution in [-0.2, 0) is 0 Å². The van der Waals surface area contributed by atoms with Crippen LogP contribution in [0.5, 0.6) is 0 Å². The van der Waals surface area contributed by atoms with Gasteiger partial charge in [-0.05, 0) is 37.1 Å². The Labute approximate surface area is 76.1 Å². The van der Waals surface area contributed by atoms with E-state index < -0.39 is 0 Å². The van der Waals surface area contributed by atoms with Crippen molar-refractivity contribution in [1.29, 1.82) is 0 Å². The van der Waals surface area contributed by atoms with Crippen LogP contribution in [0.15, 0.2) is 28.7 Å². The number of hydrogen-bond acceptors (Lipinski definition) is 0. The van der Waals surface area contributed by atoms with Gasteiger partial charge in [0.05, 0.1) is 0 Å². The van der Waals surface area contributed by atoms with Crippen LogP contribution in [0.4, 0.5) is 0 Å². The summed E-state index contributed by atoms with van der Waals surface area (Å²) >= 11 is 3.42. The summed E-state index contributed by atoms with van der Waals surface area (Å²) < 4.78 is 1.14. The zero-order valence-electron chi connectivity index (χ0n) is 6.76. The van der Waals surface area contributed by atoms with E-state index in [1.165, 1.54) is 11.1 Å². The van der Waals surface area contributed by atoms with E-state index >= 15 is 0 Å². The molecule has 1 heteroatoms. The normalized spacial score (nSPS) is 10.8. The topological polar surface area (TPSA) is 0 Å². The molecule has 1 aromatic carbocycles. The average molecular weight is 211 g/mol. The van der Waals surface area contributed by atoms with E-state index in [0.29, 0.717) is 0 Å². The first-order chi connectivity index (χ1) is 5.24. The monoisotopic (exact) mass is 210 g/mol. The second-order valence-corrected chi connectivity index (χ2v) is 3.42. The molecule has 0 radical (unpaired) electrons. The molecule has 0 N–H and O–H groups in total. The summed E-state index contributed by atoms with van der Waals surface area (Å²) in [5, 5.41) is 0. The van der Waals surface area contributed by atoms with Gasteiger partial charge in [0.2, 0.25) is 0 Å². The highest BCUT2D eigenvalue weighted by Crippen LogP contribution is 2.16. The van der Waals surface area contributed by atoms with Crippen molar-refractivity contribution >= 4 is 22.0 Å². The van der Waals surface area contributed by atoms with E-state index in [4.69, 9.17) is 0 Å². The minimum atomic E-state index is 1.14. The molecule has 0 atom stereocenters. The lowest BCUT2D eigenvalue weighted by atomic mass is 10.1. The smallest absolute Gasteiger partial charge is 0.0178 e. The molecule has 0 spiro atoms. The second kappa shape index (κ2) is 3.72. The number of aryl methyl sites for hydroxylation is 1. The summed E-state index contributed by atoms with van der Waals surface area (Å²) in [7, 11) is 0. The number of hydrogen-bond donors (Lipinski definition) is 0. The first-order valence-corrected chi connectivity index (χ1v) is 4.42.